The predicted octanol–water partition coefficient (Wildman–Crippen LogP) is 1.33. The van der Waals surface area contributed by atoms with Crippen LogP contribution in [-0.2, 0) is 9.53 Å². The Kier molecular flexibility index (Phi) is 3.52. The molecule has 1 aromatic carbocycles. The Morgan fingerprint density at radius 2 is 2.15 bits per heavy atom. The molecule has 0 spiro atoms. The number of nitrogens with zero attached hydrogens (tertiary/aromatic N) is 2. The maximum atomic E-state index is 12.2. The van der Waals surface area contributed by atoms with Gasteiger partial charge in [0.1, 0.15) is 0 Å². The molecule has 0 aliphatic carbocycles. The van der Waals surface area contributed by atoms with E-state index in [-0.39, 0.29) is 5.97 Å². The van der Waals surface area contributed by atoms with Crippen molar-refractivity contribution in [3.8, 4) is 0 Å². The topological polar surface area (TPSA) is 56.2 Å². The SMILES string of the molecule is COC(=O)C(c1ccccc1)n1cncc1C1CNC1. The van der Waals surface area contributed by atoms with E-state index in [1.54, 1.807) is 6.33 Å². The molecular formula is C15H17N3O2. The first-order valence-corrected chi connectivity index (χ1v) is 6.66. The van der Waals surface area contributed by atoms with Crippen LogP contribution >= 0.6 is 0 Å². The Morgan fingerprint density at radius 1 is 1.40 bits per heavy atom. The second kappa shape index (κ2) is 5.46. The number of esters is 1. The smallest absolute Gasteiger partial charge is 0.333 e. The third-order valence-electron chi connectivity index (χ3n) is 3.71. The van der Waals surface area contributed by atoms with Gasteiger partial charge in [0.2, 0.25) is 0 Å². The molecule has 1 aliphatic heterocycles. The second-order valence-electron chi connectivity index (χ2n) is 4.92. The van der Waals surface area contributed by atoms with Crippen LogP contribution in [0.15, 0.2) is 42.9 Å². The summed E-state index contributed by atoms with van der Waals surface area (Å²) < 4.78 is 6.90. The molecule has 0 bridgehead atoms. The molecule has 1 aliphatic rings. The second-order valence-corrected chi connectivity index (χ2v) is 4.92. The molecule has 1 fully saturated rings. The minimum Gasteiger partial charge on any atom is -0.467 e. The summed E-state index contributed by atoms with van der Waals surface area (Å²) >= 11 is 0. The lowest BCUT2D eigenvalue weighted by Crippen LogP contribution is -2.41. The number of imidazole rings is 1. The number of nitrogens with one attached hydrogen (secondary N) is 1. The molecular weight excluding hydrogens is 254 g/mol. The van der Waals surface area contributed by atoms with Crippen LogP contribution in [0.25, 0.3) is 0 Å². The van der Waals surface area contributed by atoms with Gasteiger partial charge in [0.05, 0.1) is 13.4 Å². The van der Waals surface area contributed by atoms with Gasteiger partial charge < -0.3 is 14.6 Å². The van der Waals surface area contributed by atoms with E-state index in [4.69, 9.17) is 4.74 Å². The molecule has 0 saturated carbocycles. The molecule has 2 heterocycles. The number of benzene rings is 1. The van der Waals surface area contributed by atoms with Crippen molar-refractivity contribution in [2.24, 2.45) is 0 Å². The molecule has 20 heavy (non-hydrogen) atoms. The summed E-state index contributed by atoms with van der Waals surface area (Å²) in [4.78, 5) is 16.4. The summed E-state index contributed by atoms with van der Waals surface area (Å²) in [6.07, 6.45) is 3.55. The third kappa shape index (κ3) is 2.20. The van der Waals surface area contributed by atoms with Crippen molar-refractivity contribution in [2.75, 3.05) is 20.2 Å². The van der Waals surface area contributed by atoms with E-state index in [2.05, 4.69) is 10.3 Å². The fraction of sp³-hybridized carbons (Fsp3) is 0.333. The highest BCUT2D eigenvalue weighted by Gasteiger charge is 2.29. The highest BCUT2D eigenvalue weighted by molar-refractivity contribution is 5.78. The molecule has 5 heteroatoms. The molecule has 2 aromatic rings. The lowest BCUT2D eigenvalue weighted by Gasteiger charge is -2.29. The molecule has 1 unspecified atom stereocenters. The fourth-order valence-corrected chi connectivity index (χ4v) is 2.50. The van der Waals surface area contributed by atoms with Gasteiger partial charge in [-0.15, -0.1) is 0 Å². The Balaban J connectivity index is 2.02. The average molecular weight is 271 g/mol. The van der Waals surface area contributed by atoms with E-state index in [0.717, 1.165) is 24.3 Å². The van der Waals surface area contributed by atoms with Gasteiger partial charge in [-0.25, -0.2) is 9.78 Å². The van der Waals surface area contributed by atoms with Gasteiger partial charge in [-0.2, -0.15) is 0 Å². The molecule has 0 radical (unpaired) electrons. The molecule has 1 N–H and O–H groups in total. The van der Waals surface area contributed by atoms with Crippen molar-refractivity contribution in [1.29, 1.82) is 0 Å². The number of ether oxygens (including phenoxy) is 1. The molecule has 1 atom stereocenters. The van der Waals surface area contributed by atoms with Crippen LogP contribution in [0, 0.1) is 0 Å². The van der Waals surface area contributed by atoms with Crippen molar-refractivity contribution in [3.05, 3.63) is 54.1 Å². The first-order chi connectivity index (χ1) is 9.81. The average Bonchev–Trinajstić information content (AvgIpc) is 2.87. The van der Waals surface area contributed by atoms with Crippen molar-refractivity contribution in [1.82, 2.24) is 14.9 Å². The Bertz CT molecular complexity index is 590. The van der Waals surface area contributed by atoms with Gasteiger partial charge in [0, 0.05) is 30.9 Å². The molecule has 1 aromatic heterocycles. The van der Waals surface area contributed by atoms with Gasteiger partial charge >= 0.3 is 5.97 Å². The van der Waals surface area contributed by atoms with Crippen molar-refractivity contribution < 1.29 is 9.53 Å². The summed E-state index contributed by atoms with van der Waals surface area (Å²) in [7, 11) is 1.42. The van der Waals surface area contributed by atoms with Crippen LogP contribution in [0.3, 0.4) is 0 Å². The van der Waals surface area contributed by atoms with Gasteiger partial charge in [-0.1, -0.05) is 30.3 Å². The summed E-state index contributed by atoms with van der Waals surface area (Å²) in [6, 6.07) is 9.18. The predicted molar refractivity (Wildman–Crippen MR) is 74.4 cm³/mol. The van der Waals surface area contributed by atoms with Gasteiger partial charge in [-0.3, -0.25) is 0 Å². The van der Waals surface area contributed by atoms with Crippen LogP contribution in [0.2, 0.25) is 0 Å². The van der Waals surface area contributed by atoms with E-state index >= 15 is 0 Å². The third-order valence-corrected chi connectivity index (χ3v) is 3.71. The van der Waals surface area contributed by atoms with E-state index in [9.17, 15) is 4.79 Å². The van der Waals surface area contributed by atoms with Crippen molar-refractivity contribution in [3.63, 3.8) is 0 Å². The highest BCUT2D eigenvalue weighted by atomic mass is 16.5. The van der Waals surface area contributed by atoms with Gasteiger partial charge in [0.15, 0.2) is 6.04 Å². The number of hydrogen-bond donors (Lipinski definition) is 1. The molecule has 0 amide bonds. The first kappa shape index (κ1) is 12.9. The van der Waals surface area contributed by atoms with E-state index in [1.807, 2.05) is 41.1 Å². The molecule has 3 rings (SSSR count). The number of rotatable bonds is 4. The summed E-state index contributed by atoms with van der Waals surface area (Å²) in [5.41, 5.74) is 1.98. The number of carbonyl (C=O) groups excluding carboxylic acids is 1. The quantitative estimate of drug-likeness (QED) is 0.852. The number of hydrogen-bond acceptors (Lipinski definition) is 4. The Hall–Kier alpha value is -2.14. The molecule has 5 nitrogen and oxygen atoms in total. The van der Waals surface area contributed by atoms with E-state index in [0.29, 0.717) is 5.92 Å². The maximum Gasteiger partial charge on any atom is 0.333 e. The van der Waals surface area contributed by atoms with Crippen LogP contribution in [0.4, 0.5) is 0 Å². The highest BCUT2D eigenvalue weighted by Crippen LogP contribution is 2.27. The van der Waals surface area contributed by atoms with Gasteiger partial charge in [-0.05, 0) is 5.56 Å². The van der Waals surface area contributed by atoms with Crippen molar-refractivity contribution >= 4 is 5.97 Å². The minimum absolute atomic E-state index is 0.275. The zero-order chi connectivity index (χ0) is 13.9. The zero-order valence-corrected chi connectivity index (χ0v) is 11.3. The van der Waals surface area contributed by atoms with E-state index in [1.165, 1.54) is 7.11 Å². The largest absolute Gasteiger partial charge is 0.467 e. The minimum atomic E-state index is -0.473. The number of carbonyl (C=O) groups is 1. The van der Waals surface area contributed by atoms with Crippen LogP contribution in [0.5, 0.6) is 0 Å². The summed E-state index contributed by atoms with van der Waals surface area (Å²) in [5.74, 6) is 0.135. The summed E-state index contributed by atoms with van der Waals surface area (Å²) in [5, 5.41) is 3.24. The van der Waals surface area contributed by atoms with Crippen LogP contribution < -0.4 is 5.32 Å². The lowest BCUT2D eigenvalue weighted by atomic mass is 9.98. The van der Waals surface area contributed by atoms with Gasteiger partial charge in [0.25, 0.3) is 0 Å². The number of methoxy groups -OCH3 is 1. The molecule has 1 saturated heterocycles. The monoisotopic (exact) mass is 271 g/mol. The lowest BCUT2D eigenvalue weighted by molar-refractivity contribution is -0.143. The molecule has 104 valence electrons. The zero-order valence-electron chi connectivity index (χ0n) is 11.3. The Morgan fingerprint density at radius 3 is 2.75 bits per heavy atom. The number of aromatic nitrogens is 2. The Labute approximate surface area is 117 Å². The standard InChI is InChI=1S/C15H17N3O2/c1-20-15(19)14(11-5-3-2-4-6-11)18-10-17-9-13(18)12-7-16-8-12/h2-6,9-10,12,14,16H,7-8H2,1H3. The normalized spacial score (nSPS) is 16.4. The fourth-order valence-electron chi connectivity index (χ4n) is 2.50. The van der Waals surface area contributed by atoms with E-state index < -0.39 is 6.04 Å². The maximum absolute atomic E-state index is 12.2. The van der Waals surface area contributed by atoms with Crippen LogP contribution in [-0.4, -0.2) is 35.7 Å². The van der Waals surface area contributed by atoms with Crippen LogP contribution in [0.1, 0.15) is 23.2 Å². The van der Waals surface area contributed by atoms with Crippen molar-refractivity contribution in [2.45, 2.75) is 12.0 Å². The summed E-state index contributed by atoms with van der Waals surface area (Å²) in [6.45, 7) is 1.85. The first-order valence-electron chi connectivity index (χ1n) is 6.66.